The summed E-state index contributed by atoms with van der Waals surface area (Å²) in [4.78, 5) is 23.4. The molecule has 0 heterocycles. The summed E-state index contributed by atoms with van der Waals surface area (Å²) in [6.45, 7) is 3.92. The van der Waals surface area contributed by atoms with Crippen LogP contribution in [0.15, 0.2) is 30.9 Å². The molecule has 2 N–H and O–H groups in total. The van der Waals surface area contributed by atoms with E-state index in [1.54, 1.807) is 24.3 Å². The van der Waals surface area contributed by atoms with Crippen molar-refractivity contribution in [3.05, 3.63) is 36.4 Å². The summed E-state index contributed by atoms with van der Waals surface area (Å²) in [5.74, 6) is -0.247. The minimum atomic E-state index is -0.907. The summed E-state index contributed by atoms with van der Waals surface area (Å²) >= 11 is 0. The van der Waals surface area contributed by atoms with Crippen molar-refractivity contribution < 1.29 is 24.2 Å². The highest BCUT2D eigenvalue weighted by molar-refractivity contribution is 5.95. The second-order valence-electron chi connectivity index (χ2n) is 5.62. The highest BCUT2D eigenvalue weighted by Crippen LogP contribution is 2.35. The highest BCUT2D eigenvalue weighted by Gasteiger charge is 2.40. The molecule has 1 saturated carbocycles. The first-order valence-electron chi connectivity index (χ1n) is 7.46. The number of hydrogen-bond donors (Lipinski definition) is 2. The highest BCUT2D eigenvalue weighted by atomic mass is 16.5. The molecule has 1 aliphatic carbocycles. The molecule has 6 heteroatoms. The molecule has 0 aliphatic heterocycles. The molecule has 1 amide bonds. The molecular weight excluding hydrogens is 298 g/mol. The molecule has 0 spiro atoms. The largest absolute Gasteiger partial charge is 0.493 e. The monoisotopic (exact) mass is 319 g/mol. The lowest BCUT2D eigenvalue weighted by Gasteiger charge is -2.41. The molecule has 0 unspecified atom stereocenters. The molecule has 1 fully saturated rings. The third-order valence-electron chi connectivity index (χ3n) is 3.96. The minimum absolute atomic E-state index is 0.0591. The van der Waals surface area contributed by atoms with Crippen LogP contribution in [-0.4, -0.2) is 36.2 Å². The Morgan fingerprint density at radius 2 is 2.13 bits per heavy atom. The summed E-state index contributed by atoms with van der Waals surface area (Å²) in [6.07, 6.45) is 3.85. The first-order chi connectivity index (χ1) is 11.0. The van der Waals surface area contributed by atoms with E-state index in [9.17, 15) is 9.59 Å². The van der Waals surface area contributed by atoms with Crippen molar-refractivity contribution in [3.8, 4) is 11.5 Å². The SMILES string of the molecule is C=CCOc1ccc(C(=O)NC2(CC(=O)O)CCC2)cc1OC. The normalized spacial score (nSPS) is 15.2. The van der Waals surface area contributed by atoms with E-state index in [2.05, 4.69) is 11.9 Å². The maximum absolute atomic E-state index is 12.4. The molecule has 6 nitrogen and oxygen atoms in total. The Hall–Kier alpha value is -2.50. The fourth-order valence-corrected chi connectivity index (χ4v) is 2.63. The summed E-state index contributed by atoms with van der Waals surface area (Å²) in [6, 6.07) is 4.87. The van der Waals surface area contributed by atoms with E-state index in [0.29, 0.717) is 36.5 Å². The lowest BCUT2D eigenvalue weighted by molar-refractivity contribution is -0.139. The summed E-state index contributed by atoms with van der Waals surface area (Å²) in [5, 5.41) is 11.9. The van der Waals surface area contributed by atoms with E-state index in [0.717, 1.165) is 6.42 Å². The van der Waals surface area contributed by atoms with Gasteiger partial charge >= 0.3 is 5.97 Å². The van der Waals surface area contributed by atoms with Gasteiger partial charge in [0.2, 0.25) is 0 Å². The molecule has 1 aliphatic rings. The molecule has 0 radical (unpaired) electrons. The average molecular weight is 319 g/mol. The van der Waals surface area contributed by atoms with Crippen molar-refractivity contribution >= 4 is 11.9 Å². The number of ether oxygens (including phenoxy) is 2. The van der Waals surface area contributed by atoms with Crippen LogP contribution in [-0.2, 0) is 4.79 Å². The topological polar surface area (TPSA) is 84.9 Å². The molecule has 0 aromatic heterocycles. The van der Waals surface area contributed by atoms with E-state index in [1.807, 2.05) is 0 Å². The fraction of sp³-hybridized carbons (Fsp3) is 0.412. The van der Waals surface area contributed by atoms with Gasteiger partial charge in [-0.3, -0.25) is 9.59 Å². The van der Waals surface area contributed by atoms with Gasteiger partial charge in [0.15, 0.2) is 11.5 Å². The van der Waals surface area contributed by atoms with Crippen LogP contribution in [0.1, 0.15) is 36.0 Å². The van der Waals surface area contributed by atoms with Crippen LogP contribution in [0, 0.1) is 0 Å². The number of carboxylic acids is 1. The van der Waals surface area contributed by atoms with Gasteiger partial charge in [-0.05, 0) is 37.5 Å². The molecule has 23 heavy (non-hydrogen) atoms. The van der Waals surface area contributed by atoms with Crippen LogP contribution in [0.2, 0.25) is 0 Å². The number of methoxy groups -OCH3 is 1. The Morgan fingerprint density at radius 1 is 1.39 bits per heavy atom. The van der Waals surface area contributed by atoms with Crippen molar-refractivity contribution in [1.29, 1.82) is 0 Å². The third-order valence-corrected chi connectivity index (χ3v) is 3.96. The predicted octanol–water partition coefficient (Wildman–Crippen LogP) is 2.39. The van der Waals surface area contributed by atoms with Gasteiger partial charge in [0, 0.05) is 5.56 Å². The molecule has 1 aromatic rings. The van der Waals surface area contributed by atoms with Crippen LogP contribution in [0.5, 0.6) is 11.5 Å². The number of amides is 1. The number of benzene rings is 1. The molecule has 124 valence electrons. The van der Waals surface area contributed by atoms with Gasteiger partial charge in [0.25, 0.3) is 5.91 Å². The van der Waals surface area contributed by atoms with Crippen LogP contribution < -0.4 is 14.8 Å². The Balaban J connectivity index is 2.12. The zero-order chi connectivity index (χ0) is 16.9. The van der Waals surface area contributed by atoms with E-state index in [-0.39, 0.29) is 12.3 Å². The summed E-state index contributed by atoms with van der Waals surface area (Å²) in [5.41, 5.74) is -0.224. The van der Waals surface area contributed by atoms with Gasteiger partial charge in [-0.2, -0.15) is 0 Å². The quantitative estimate of drug-likeness (QED) is 0.719. The van der Waals surface area contributed by atoms with Crippen LogP contribution >= 0.6 is 0 Å². The van der Waals surface area contributed by atoms with Crippen LogP contribution in [0.4, 0.5) is 0 Å². The number of carbonyl (C=O) groups excluding carboxylic acids is 1. The second-order valence-corrected chi connectivity index (χ2v) is 5.62. The summed E-state index contributed by atoms with van der Waals surface area (Å²) < 4.78 is 10.7. The number of carbonyl (C=O) groups is 2. The first kappa shape index (κ1) is 16.9. The van der Waals surface area contributed by atoms with Gasteiger partial charge in [0.05, 0.1) is 19.1 Å². The van der Waals surface area contributed by atoms with Gasteiger partial charge in [0.1, 0.15) is 6.61 Å². The fourth-order valence-electron chi connectivity index (χ4n) is 2.63. The Kier molecular flexibility index (Phi) is 5.26. The van der Waals surface area contributed by atoms with Crippen molar-refractivity contribution in [2.45, 2.75) is 31.2 Å². The van der Waals surface area contributed by atoms with Crippen molar-refractivity contribution in [2.75, 3.05) is 13.7 Å². The number of hydrogen-bond acceptors (Lipinski definition) is 4. The maximum Gasteiger partial charge on any atom is 0.305 e. The first-order valence-corrected chi connectivity index (χ1v) is 7.46. The number of aliphatic carboxylic acids is 1. The smallest absolute Gasteiger partial charge is 0.305 e. The molecular formula is C17H21NO5. The van der Waals surface area contributed by atoms with Gasteiger partial charge < -0.3 is 19.9 Å². The van der Waals surface area contributed by atoms with E-state index in [1.165, 1.54) is 7.11 Å². The second kappa shape index (κ2) is 7.17. The molecule has 1 aromatic carbocycles. The van der Waals surface area contributed by atoms with Gasteiger partial charge in [-0.25, -0.2) is 0 Å². The Bertz CT molecular complexity index is 607. The molecule has 2 rings (SSSR count). The van der Waals surface area contributed by atoms with Gasteiger partial charge in [-0.15, -0.1) is 0 Å². The van der Waals surface area contributed by atoms with Gasteiger partial charge in [-0.1, -0.05) is 12.7 Å². The lowest BCUT2D eigenvalue weighted by Crippen LogP contribution is -2.54. The van der Waals surface area contributed by atoms with Crippen LogP contribution in [0.25, 0.3) is 0 Å². The number of nitrogens with one attached hydrogen (secondary N) is 1. The Labute approximate surface area is 135 Å². The Morgan fingerprint density at radius 3 is 2.65 bits per heavy atom. The van der Waals surface area contributed by atoms with Crippen molar-refractivity contribution in [2.24, 2.45) is 0 Å². The zero-order valence-electron chi connectivity index (χ0n) is 13.1. The van der Waals surface area contributed by atoms with Crippen molar-refractivity contribution in [1.82, 2.24) is 5.32 Å². The maximum atomic E-state index is 12.4. The summed E-state index contributed by atoms with van der Waals surface area (Å²) in [7, 11) is 1.50. The van der Waals surface area contributed by atoms with E-state index >= 15 is 0 Å². The third kappa shape index (κ3) is 4.03. The standard InChI is InChI=1S/C17H21NO5/c1-3-9-23-13-6-5-12(10-14(13)22-2)16(21)18-17(7-4-8-17)11-15(19)20/h3,5-6,10H,1,4,7-9,11H2,2H3,(H,18,21)(H,19,20). The van der Waals surface area contributed by atoms with E-state index in [4.69, 9.17) is 14.6 Å². The molecule has 0 atom stereocenters. The predicted molar refractivity (Wildman–Crippen MR) is 85.0 cm³/mol. The molecule has 0 saturated heterocycles. The number of carboxylic acid groups (broad SMARTS) is 1. The van der Waals surface area contributed by atoms with Crippen molar-refractivity contribution in [3.63, 3.8) is 0 Å². The van der Waals surface area contributed by atoms with Crippen LogP contribution in [0.3, 0.4) is 0 Å². The molecule has 0 bridgehead atoms. The zero-order valence-corrected chi connectivity index (χ0v) is 13.1. The number of rotatable bonds is 8. The minimum Gasteiger partial charge on any atom is -0.493 e. The average Bonchev–Trinajstić information content (AvgIpc) is 2.49. The van der Waals surface area contributed by atoms with E-state index < -0.39 is 11.5 Å². The lowest BCUT2D eigenvalue weighted by atomic mass is 9.74.